The molecule has 0 spiro atoms. The molecule has 110 valence electrons. The van der Waals surface area contributed by atoms with Gasteiger partial charge in [0, 0.05) is 12.1 Å². The highest BCUT2D eigenvalue weighted by Gasteiger charge is 2.20. The first-order chi connectivity index (χ1) is 9.72. The largest absolute Gasteiger partial charge is 0.486 e. The lowest BCUT2D eigenvalue weighted by molar-refractivity contribution is 0.171. The zero-order valence-corrected chi connectivity index (χ0v) is 12.4. The molecule has 1 saturated heterocycles. The zero-order chi connectivity index (χ0) is 13.9. The molecule has 2 aliphatic heterocycles. The predicted octanol–water partition coefficient (Wildman–Crippen LogP) is 2.20. The monoisotopic (exact) mass is 276 g/mol. The second-order valence-corrected chi connectivity index (χ2v) is 5.87. The lowest BCUT2D eigenvalue weighted by Crippen LogP contribution is -2.41. The standard InChI is InChI=1S/C16H24N2O2/c1-12(17-14-5-7-18(2)8-6-14)13-3-4-15-16(11-13)20-10-9-19-15/h3-4,11-12,14,17H,5-10H2,1-2H3. The molecule has 4 heteroatoms. The minimum absolute atomic E-state index is 0.347. The van der Waals surface area contributed by atoms with Gasteiger partial charge in [-0.05, 0) is 57.6 Å². The fourth-order valence-corrected chi connectivity index (χ4v) is 2.95. The number of nitrogens with zero attached hydrogens (tertiary/aromatic N) is 1. The predicted molar refractivity (Wildman–Crippen MR) is 79.5 cm³/mol. The quantitative estimate of drug-likeness (QED) is 0.917. The van der Waals surface area contributed by atoms with Crippen LogP contribution in [-0.2, 0) is 0 Å². The van der Waals surface area contributed by atoms with Gasteiger partial charge in [-0.15, -0.1) is 0 Å². The van der Waals surface area contributed by atoms with Crippen LogP contribution in [-0.4, -0.2) is 44.3 Å². The smallest absolute Gasteiger partial charge is 0.161 e. The maximum absolute atomic E-state index is 5.66. The van der Waals surface area contributed by atoms with Crippen molar-refractivity contribution in [2.45, 2.75) is 31.8 Å². The number of nitrogens with one attached hydrogen (secondary N) is 1. The number of hydrogen-bond donors (Lipinski definition) is 1. The highest BCUT2D eigenvalue weighted by molar-refractivity contribution is 5.44. The van der Waals surface area contributed by atoms with Crippen molar-refractivity contribution in [1.82, 2.24) is 10.2 Å². The average Bonchev–Trinajstić information content (AvgIpc) is 2.49. The number of hydrogen-bond acceptors (Lipinski definition) is 4. The van der Waals surface area contributed by atoms with E-state index in [1.165, 1.54) is 31.5 Å². The second-order valence-electron chi connectivity index (χ2n) is 5.87. The summed E-state index contributed by atoms with van der Waals surface area (Å²) in [5.41, 5.74) is 1.27. The molecule has 4 nitrogen and oxygen atoms in total. The van der Waals surface area contributed by atoms with Gasteiger partial charge in [0.25, 0.3) is 0 Å². The Labute approximate surface area is 121 Å². The normalized spacial score (nSPS) is 21.7. The van der Waals surface area contributed by atoms with Gasteiger partial charge >= 0.3 is 0 Å². The number of ether oxygens (including phenoxy) is 2. The highest BCUT2D eigenvalue weighted by atomic mass is 16.6. The molecule has 0 saturated carbocycles. The Bertz CT molecular complexity index is 456. The van der Waals surface area contributed by atoms with Crippen molar-refractivity contribution >= 4 is 0 Å². The molecule has 20 heavy (non-hydrogen) atoms. The Kier molecular flexibility index (Phi) is 4.13. The Morgan fingerprint density at radius 3 is 2.60 bits per heavy atom. The first-order valence-electron chi connectivity index (χ1n) is 7.56. The Morgan fingerprint density at radius 1 is 1.15 bits per heavy atom. The molecule has 0 bridgehead atoms. The summed E-state index contributed by atoms with van der Waals surface area (Å²) in [6.45, 7) is 5.89. The van der Waals surface area contributed by atoms with Crippen LogP contribution >= 0.6 is 0 Å². The van der Waals surface area contributed by atoms with Crippen molar-refractivity contribution in [1.29, 1.82) is 0 Å². The molecule has 0 aliphatic carbocycles. The topological polar surface area (TPSA) is 33.7 Å². The maximum Gasteiger partial charge on any atom is 0.161 e. The van der Waals surface area contributed by atoms with Crippen LogP contribution in [0.3, 0.4) is 0 Å². The van der Waals surface area contributed by atoms with Crippen LogP contribution in [0.25, 0.3) is 0 Å². The van der Waals surface area contributed by atoms with Gasteiger partial charge in [-0.1, -0.05) is 6.07 Å². The number of likely N-dealkylation sites (tertiary alicyclic amines) is 1. The first-order valence-corrected chi connectivity index (χ1v) is 7.56. The number of piperidine rings is 1. The molecule has 1 aromatic rings. The Balaban J connectivity index is 1.63. The summed E-state index contributed by atoms with van der Waals surface area (Å²) >= 11 is 0. The number of fused-ring (bicyclic) bond motifs is 1. The van der Waals surface area contributed by atoms with Crippen LogP contribution in [0.15, 0.2) is 18.2 Å². The molecular formula is C16H24N2O2. The summed E-state index contributed by atoms with van der Waals surface area (Å²) in [6.07, 6.45) is 2.46. The van der Waals surface area contributed by atoms with Crippen LogP contribution in [0.2, 0.25) is 0 Å². The van der Waals surface area contributed by atoms with E-state index in [1.54, 1.807) is 0 Å². The van der Waals surface area contributed by atoms with Crippen molar-refractivity contribution < 1.29 is 9.47 Å². The van der Waals surface area contributed by atoms with Crippen LogP contribution in [0.5, 0.6) is 11.5 Å². The van der Waals surface area contributed by atoms with Crippen molar-refractivity contribution in [2.75, 3.05) is 33.4 Å². The van der Waals surface area contributed by atoms with E-state index >= 15 is 0 Å². The molecule has 1 aromatic carbocycles. The fourth-order valence-electron chi connectivity index (χ4n) is 2.95. The summed E-state index contributed by atoms with van der Waals surface area (Å²) < 4.78 is 11.2. The van der Waals surface area contributed by atoms with Gasteiger partial charge in [0.05, 0.1) is 0 Å². The lowest BCUT2D eigenvalue weighted by Gasteiger charge is -2.32. The van der Waals surface area contributed by atoms with Crippen LogP contribution in [0.1, 0.15) is 31.4 Å². The van der Waals surface area contributed by atoms with E-state index < -0.39 is 0 Å². The third-order valence-electron chi connectivity index (χ3n) is 4.27. The third-order valence-corrected chi connectivity index (χ3v) is 4.27. The summed E-state index contributed by atoms with van der Waals surface area (Å²) in [6, 6.07) is 7.24. The van der Waals surface area contributed by atoms with Gasteiger partial charge in [0.15, 0.2) is 11.5 Å². The van der Waals surface area contributed by atoms with E-state index in [9.17, 15) is 0 Å². The maximum atomic E-state index is 5.66. The van der Waals surface area contributed by atoms with Crippen molar-refractivity contribution in [3.8, 4) is 11.5 Å². The first kappa shape index (κ1) is 13.7. The Morgan fingerprint density at radius 2 is 1.85 bits per heavy atom. The van der Waals surface area contributed by atoms with E-state index in [1.807, 2.05) is 6.07 Å². The molecule has 3 rings (SSSR count). The number of benzene rings is 1. The summed E-state index contributed by atoms with van der Waals surface area (Å²) in [5, 5.41) is 3.74. The van der Waals surface area contributed by atoms with Gasteiger partial charge in [0.2, 0.25) is 0 Å². The molecule has 1 N–H and O–H groups in total. The van der Waals surface area contributed by atoms with Crippen molar-refractivity contribution in [3.63, 3.8) is 0 Å². The van der Waals surface area contributed by atoms with Crippen LogP contribution in [0, 0.1) is 0 Å². The second kappa shape index (κ2) is 6.02. The Hall–Kier alpha value is -1.26. The van der Waals surface area contributed by atoms with Crippen LogP contribution in [0.4, 0.5) is 0 Å². The van der Waals surface area contributed by atoms with E-state index in [0.717, 1.165) is 11.5 Å². The molecular weight excluding hydrogens is 252 g/mol. The van der Waals surface area contributed by atoms with Crippen LogP contribution < -0.4 is 14.8 Å². The molecule has 0 radical (unpaired) electrons. The molecule has 1 unspecified atom stereocenters. The minimum atomic E-state index is 0.347. The van der Waals surface area contributed by atoms with Crippen molar-refractivity contribution in [3.05, 3.63) is 23.8 Å². The van der Waals surface area contributed by atoms with Gasteiger partial charge in [0.1, 0.15) is 13.2 Å². The number of rotatable bonds is 3. The van der Waals surface area contributed by atoms with E-state index in [0.29, 0.717) is 25.3 Å². The lowest BCUT2D eigenvalue weighted by atomic mass is 10.0. The molecule has 2 heterocycles. The molecule has 1 atom stereocenters. The van der Waals surface area contributed by atoms with Gasteiger partial charge in [-0.2, -0.15) is 0 Å². The van der Waals surface area contributed by atoms with Gasteiger partial charge < -0.3 is 19.7 Å². The van der Waals surface area contributed by atoms with E-state index in [2.05, 4.69) is 36.3 Å². The highest BCUT2D eigenvalue weighted by Crippen LogP contribution is 2.32. The molecule has 1 fully saturated rings. The third kappa shape index (κ3) is 3.07. The molecule has 0 amide bonds. The van der Waals surface area contributed by atoms with Crippen molar-refractivity contribution in [2.24, 2.45) is 0 Å². The molecule has 0 aromatic heterocycles. The zero-order valence-electron chi connectivity index (χ0n) is 12.4. The minimum Gasteiger partial charge on any atom is -0.486 e. The molecule has 2 aliphatic rings. The van der Waals surface area contributed by atoms with E-state index in [-0.39, 0.29) is 0 Å². The van der Waals surface area contributed by atoms with Gasteiger partial charge in [-0.25, -0.2) is 0 Å². The average molecular weight is 276 g/mol. The van der Waals surface area contributed by atoms with E-state index in [4.69, 9.17) is 9.47 Å². The SMILES string of the molecule is CC(NC1CCN(C)CC1)c1ccc2c(c1)OCCO2. The summed E-state index contributed by atoms with van der Waals surface area (Å²) in [7, 11) is 2.19. The summed E-state index contributed by atoms with van der Waals surface area (Å²) in [5.74, 6) is 1.75. The fraction of sp³-hybridized carbons (Fsp3) is 0.625. The summed E-state index contributed by atoms with van der Waals surface area (Å²) in [4.78, 5) is 2.40. The van der Waals surface area contributed by atoms with Gasteiger partial charge in [-0.3, -0.25) is 0 Å².